The van der Waals surface area contributed by atoms with Gasteiger partial charge in [0, 0.05) is 6.07 Å². The molecule has 1 unspecified atom stereocenters. The third kappa shape index (κ3) is 2.96. The molecule has 0 aliphatic rings. The summed E-state index contributed by atoms with van der Waals surface area (Å²) in [6.07, 6.45) is 0.0573. The standard InChI is InChI=1S/C11H12F2N2O2S/c1-3-8(6-14)18(16,17)15-11-5-9(12)7(2)4-10(11)13/h4-5,8,15H,3H2,1-2H3. The lowest BCUT2D eigenvalue weighted by molar-refractivity contribution is 0.586. The number of benzene rings is 1. The van der Waals surface area contributed by atoms with Crippen LogP contribution in [0.5, 0.6) is 0 Å². The highest BCUT2D eigenvalue weighted by Crippen LogP contribution is 2.21. The summed E-state index contributed by atoms with van der Waals surface area (Å²) < 4.78 is 52.0. The van der Waals surface area contributed by atoms with E-state index in [0.29, 0.717) is 0 Å². The minimum atomic E-state index is -4.05. The Kier molecular flexibility index (Phi) is 4.24. The number of aryl methyl sites for hydroxylation is 1. The van der Waals surface area contributed by atoms with Crippen LogP contribution in [0.2, 0.25) is 0 Å². The first-order valence-electron chi connectivity index (χ1n) is 5.18. The zero-order valence-electron chi connectivity index (χ0n) is 9.87. The third-order valence-corrected chi connectivity index (χ3v) is 4.08. The summed E-state index contributed by atoms with van der Waals surface area (Å²) in [5.41, 5.74) is -0.422. The zero-order chi connectivity index (χ0) is 13.9. The van der Waals surface area contributed by atoms with Gasteiger partial charge in [-0.15, -0.1) is 0 Å². The Hall–Kier alpha value is -1.68. The number of hydrogen-bond acceptors (Lipinski definition) is 3. The van der Waals surface area contributed by atoms with Gasteiger partial charge in [0.25, 0.3) is 0 Å². The number of nitriles is 1. The molecule has 0 aliphatic carbocycles. The van der Waals surface area contributed by atoms with Crippen molar-refractivity contribution in [3.8, 4) is 6.07 Å². The Balaban J connectivity index is 3.13. The van der Waals surface area contributed by atoms with Crippen LogP contribution in [0, 0.1) is 29.9 Å². The molecular formula is C11H12F2N2O2S. The van der Waals surface area contributed by atoms with Gasteiger partial charge in [0.15, 0.2) is 5.25 Å². The maximum absolute atomic E-state index is 13.5. The Bertz CT molecular complexity index is 594. The molecule has 1 aromatic carbocycles. The van der Waals surface area contributed by atoms with E-state index in [1.54, 1.807) is 6.07 Å². The van der Waals surface area contributed by atoms with E-state index in [1.165, 1.54) is 13.8 Å². The zero-order valence-corrected chi connectivity index (χ0v) is 10.7. The van der Waals surface area contributed by atoms with Gasteiger partial charge in [0.1, 0.15) is 11.6 Å². The van der Waals surface area contributed by atoms with E-state index in [1.807, 2.05) is 4.72 Å². The number of rotatable bonds is 4. The molecule has 7 heteroatoms. The maximum Gasteiger partial charge on any atom is 0.249 e. The molecule has 0 saturated heterocycles. The van der Waals surface area contributed by atoms with Gasteiger partial charge >= 0.3 is 0 Å². The third-order valence-electron chi connectivity index (χ3n) is 2.39. The summed E-state index contributed by atoms with van der Waals surface area (Å²) in [6.45, 7) is 2.88. The van der Waals surface area contributed by atoms with Gasteiger partial charge in [-0.1, -0.05) is 6.92 Å². The fourth-order valence-electron chi connectivity index (χ4n) is 1.33. The molecular weight excluding hydrogens is 262 g/mol. The number of sulfonamides is 1. The molecule has 1 atom stereocenters. The van der Waals surface area contributed by atoms with E-state index in [4.69, 9.17) is 5.26 Å². The van der Waals surface area contributed by atoms with Crippen LogP contribution < -0.4 is 4.72 Å². The first-order valence-corrected chi connectivity index (χ1v) is 6.73. The summed E-state index contributed by atoms with van der Waals surface area (Å²) in [5, 5.41) is 7.37. The summed E-state index contributed by atoms with van der Waals surface area (Å²) in [6, 6.07) is 3.24. The van der Waals surface area contributed by atoms with Crippen molar-refractivity contribution in [3.63, 3.8) is 0 Å². The molecule has 0 aliphatic heterocycles. The maximum atomic E-state index is 13.5. The van der Waals surface area contributed by atoms with E-state index in [9.17, 15) is 17.2 Å². The molecule has 0 fully saturated rings. The van der Waals surface area contributed by atoms with Gasteiger partial charge in [-0.25, -0.2) is 17.2 Å². The quantitative estimate of drug-likeness (QED) is 0.916. The minimum absolute atomic E-state index is 0.0573. The fourth-order valence-corrected chi connectivity index (χ4v) is 2.51. The van der Waals surface area contributed by atoms with Crippen LogP contribution in [0.25, 0.3) is 0 Å². The smallest absolute Gasteiger partial charge is 0.249 e. The second-order valence-corrected chi connectivity index (χ2v) is 5.62. The van der Waals surface area contributed by atoms with Crippen molar-refractivity contribution in [1.29, 1.82) is 5.26 Å². The Morgan fingerprint density at radius 2 is 2.00 bits per heavy atom. The van der Waals surface area contributed by atoms with E-state index in [2.05, 4.69) is 0 Å². The summed E-state index contributed by atoms with van der Waals surface area (Å²) >= 11 is 0. The minimum Gasteiger partial charge on any atom is -0.279 e. The molecule has 1 N–H and O–H groups in total. The van der Waals surface area contributed by atoms with E-state index in [0.717, 1.165) is 12.1 Å². The van der Waals surface area contributed by atoms with Crippen molar-refractivity contribution in [3.05, 3.63) is 29.3 Å². The van der Waals surface area contributed by atoms with Crippen LogP contribution >= 0.6 is 0 Å². The highest BCUT2D eigenvalue weighted by atomic mass is 32.2. The van der Waals surface area contributed by atoms with Gasteiger partial charge < -0.3 is 0 Å². The normalized spacial score (nSPS) is 12.8. The number of nitrogens with one attached hydrogen (secondary N) is 1. The van der Waals surface area contributed by atoms with E-state index >= 15 is 0 Å². The summed E-state index contributed by atoms with van der Waals surface area (Å²) in [4.78, 5) is 0. The van der Waals surface area contributed by atoms with E-state index < -0.39 is 32.6 Å². The van der Waals surface area contributed by atoms with Crippen LogP contribution in [0.15, 0.2) is 12.1 Å². The van der Waals surface area contributed by atoms with Crippen LogP contribution in [0.4, 0.5) is 14.5 Å². The van der Waals surface area contributed by atoms with Gasteiger partial charge in [-0.3, -0.25) is 4.72 Å². The van der Waals surface area contributed by atoms with Crippen LogP contribution in [0.3, 0.4) is 0 Å². The molecule has 0 saturated carbocycles. The van der Waals surface area contributed by atoms with Gasteiger partial charge in [0.05, 0.1) is 11.8 Å². The predicted molar refractivity (Wildman–Crippen MR) is 63.3 cm³/mol. The molecule has 98 valence electrons. The molecule has 4 nitrogen and oxygen atoms in total. The topological polar surface area (TPSA) is 70.0 Å². The van der Waals surface area contributed by atoms with E-state index in [-0.39, 0.29) is 12.0 Å². The number of anilines is 1. The van der Waals surface area contributed by atoms with Crippen molar-refractivity contribution < 1.29 is 17.2 Å². The molecule has 0 amide bonds. The number of halogens is 2. The second kappa shape index (κ2) is 5.31. The van der Waals surface area contributed by atoms with Gasteiger partial charge in [-0.2, -0.15) is 5.26 Å². The Morgan fingerprint density at radius 3 is 2.50 bits per heavy atom. The second-order valence-electron chi connectivity index (χ2n) is 3.75. The highest BCUT2D eigenvalue weighted by molar-refractivity contribution is 7.93. The molecule has 1 aromatic rings. The number of nitrogens with zero attached hydrogens (tertiary/aromatic N) is 1. The average Bonchev–Trinajstić information content (AvgIpc) is 2.26. The summed E-state index contributed by atoms with van der Waals surface area (Å²) in [5.74, 6) is -1.61. The van der Waals surface area contributed by atoms with Crippen LogP contribution in [-0.4, -0.2) is 13.7 Å². The molecule has 0 heterocycles. The predicted octanol–water partition coefficient (Wildman–Crippen LogP) is 2.32. The molecule has 0 aromatic heterocycles. The van der Waals surface area contributed by atoms with Crippen molar-refractivity contribution in [2.75, 3.05) is 4.72 Å². The lowest BCUT2D eigenvalue weighted by Crippen LogP contribution is -2.26. The van der Waals surface area contributed by atoms with Crippen molar-refractivity contribution in [1.82, 2.24) is 0 Å². The number of hydrogen-bond donors (Lipinski definition) is 1. The van der Waals surface area contributed by atoms with Gasteiger partial charge in [-0.05, 0) is 25.0 Å². The van der Waals surface area contributed by atoms with Crippen molar-refractivity contribution >= 4 is 15.7 Å². The fraction of sp³-hybridized carbons (Fsp3) is 0.364. The SMILES string of the molecule is CCC(C#N)S(=O)(=O)Nc1cc(F)c(C)cc1F. The highest BCUT2D eigenvalue weighted by Gasteiger charge is 2.24. The Morgan fingerprint density at radius 1 is 1.39 bits per heavy atom. The molecule has 0 bridgehead atoms. The first kappa shape index (κ1) is 14.4. The van der Waals surface area contributed by atoms with Gasteiger partial charge in [0.2, 0.25) is 10.0 Å². The average molecular weight is 274 g/mol. The summed E-state index contributed by atoms with van der Waals surface area (Å²) in [7, 11) is -4.05. The molecule has 1 rings (SSSR count). The van der Waals surface area contributed by atoms with Crippen molar-refractivity contribution in [2.45, 2.75) is 25.5 Å². The molecule has 0 radical (unpaired) electrons. The monoisotopic (exact) mass is 274 g/mol. The lowest BCUT2D eigenvalue weighted by Gasteiger charge is -2.12. The van der Waals surface area contributed by atoms with Crippen LogP contribution in [0.1, 0.15) is 18.9 Å². The largest absolute Gasteiger partial charge is 0.279 e. The first-order chi connectivity index (χ1) is 8.31. The molecule has 0 spiro atoms. The Labute approximate surface area is 104 Å². The van der Waals surface area contributed by atoms with Crippen molar-refractivity contribution in [2.24, 2.45) is 0 Å². The lowest BCUT2D eigenvalue weighted by atomic mass is 10.2. The molecule has 18 heavy (non-hydrogen) atoms. The van der Waals surface area contributed by atoms with Crippen LogP contribution in [-0.2, 0) is 10.0 Å².